The van der Waals surface area contributed by atoms with Crippen LogP contribution in [0.5, 0.6) is 0 Å². The first-order chi connectivity index (χ1) is 6.38. The third kappa shape index (κ3) is 2.25. The topological polar surface area (TPSA) is 20.2 Å². The van der Waals surface area contributed by atoms with Crippen molar-refractivity contribution < 1.29 is 5.11 Å². The molecular weight excluding hydrogens is 160 g/mol. The SMILES string of the molecule is O[C@H]1CCCC[C@H]1C1CCCCC1. The van der Waals surface area contributed by atoms with Gasteiger partial charge in [-0.1, -0.05) is 44.9 Å². The van der Waals surface area contributed by atoms with Crippen LogP contribution in [0, 0.1) is 11.8 Å². The van der Waals surface area contributed by atoms with Crippen molar-refractivity contribution in [3.05, 3.63) is 0 Å². The molecule has 0 aromatic rings. The predicted molar refractivity (Wildman–Crippen MR) is 54.5 cm³/mol. The minimum atomic E-state index is 0.0387. The average molecular weight is 182 g/mol. The van der Waals surface area contributed by atoms with Gasteiger partial charge in [-0.3, -0.25) is 0 Å². The molecule has 2 rings (SSSR count). The molecule has 0 heterocycles. The van der Waals surface area contributed by atoms with Gasteiger partial charge in [0.05, 0.1) is 6.10 Å². The molecule has 0 saturated heterocycles. The van der Waals surface area contributed by atoms with Gasteiger partial charge in [-0.05, 0) is 24.7 Å². The Morgan fingerprint density at radius 2 is 1.31 bits per heavy atom. The van der Waals surface area contributed by atoms with Crippen LogP contribution < -0.4 is 0 Å². The Balaban J connectivity index is 1.88. The van der Waals surface area contributed by atoms with Crippen molar-refractivity contribution in [2.24, 2.45) is 11.8 Å². The molecule has 0 aromatic carbocycles. The molecule has 2 aliphatic rings. The Bertz CT molecular complexity index is 149. The maximum absolute atomic E-state index is 9.92. The van der Waals surface area contributed by atoms with Crippen LogP contribution in [0.1, 0.15) is 57.8 Å². The van der Waals surface area contributed by atoms with E-state index in [0.29, 0.717) is 5.92 Å². The second-order valence-electron chi connectivity index (χ2n) is 4.91. The highest BCUT2D eigenvalue weighted by Crippen LogP contribution is 2.38. The summed E-state index contributed by atoms with van der Waals surface area (Å²) in [6.07, 6.45) is 12.1. The second-order valence-corrected chi connectivity index (χ2v) is 4.91. The summed E-state index contributed by atoms with van der Waals surface area (Å²) in [6, 6.07) is 0. The summed E-state index contributed by atoms with van der Waals surface area (Å²) in [5, 5.41) is 9.92. The standard InChI is InChI=1S/C12H22O/c13-12-9-5-4-8-11(12)10-6-2-1-3-7-10/h10-13H,1-9H2/t11-,12-/m0/s1. The zero-order valence-corrected chi connectivity index (χ0v) is 8.54. The lowest BCUT2D eigenvalue weighted by Gasteiger charge is -2.36. The van der Waals surface area contributed by atoms with Crippen LogP contribution in [0.2, 0.25) is 0 Å². The summed E-state index contributed by atoms with van der Waals surface area (Å²) in [6.45, 7) is 0. The lowest BCUT2D eigenvalue weighted by atomic mass is 9.72. The van der Waals surface area contributed by atoms with Crippen molar-refractivity contribution in [1.82, 2.24) is 0 Å². The van der Waals surface area contributed by atoms with E-state index in [1.807, 2.05) is 0 Å². The molecular formula is C12H22O. The van der Waals surface area contributed by atoms with Crippen LogP contribution in [-0.4, -0.2) is 11.2 Å². The molecule has 1 N–H and O–H groups in total. The van der Waals surface area contributed by atoms with E-state index in [1.165, 1.54) is 51.4 Å². The van der Waals surface area contributed by atoms with Crippen LogP contribution in [0.3, 0.4) is 0 Å². The van der Waals surface area contributed by atoms with Gasteiger partial charge in [0.2, 0.25) is 0 Å². The third-order valence-corrected chi connectivity index (χ3v) is 4.04. The highest BCUT2D eigenvalue weighted by Gasteiger charge is 2.30. The number of aliphatic hydroxyl groups is 1. The molecule has 0 amide bonds. The number of hydrogen-bond donors (Lipinski definition) is 1. The van der Waals surface area contributed by atoms with Crippen LogP contribution in [0.25, 0.3) is 0 Å². The number of rotatable bonds is 1. The van der Waals surface area contributed by atoms with E-state index in [-0.39, 0.29) is 6.10 Å². The van der Waals surface area contributed by atoms with Crippen molar-refractivity contribution in [2.75, 3.05) is 0 Å². The van der Waals surface area contributed by atoms with Gasteiger partial charge in [0.25, 0.3) is 0 Å². The number of hydrogen-bond acceptors (Lipinski definition) is 1. The molecule has 0 aliphatic heterocycles. The van der Waals surface area contributed by atoms with E-state index in [1.54, 1.807) is 0 Å². The summed E-state index contributed by atoms with van der Waals surface area (Å²) in [5.74, 6) is 1.53. The molecule has 1 heteroatoms. The van der Waals surface area contributed by atoms with Gasteiger partial charge in [0.1, 0.15) is 0 Å². The highest BCUT2D eigenvalue weighted by atomic mass is 16.3. The van der Waals surface area contributed by atoms with Gasteiger partial charge in [0.15, 0.2) is 0 Å². The molecule has 0 spiro atoms. The highest BCUT2D eigenvalue weighted by molar-refractivity contribution is 4.82. The van der Waals surface area contributed by atoms with Crippen molar-refractivity contribution in [2.45, 2.75) is 63.9 Å². The minimum absolute atomic E-state index is 0.0387. The fourth-order valence-electron chi connectivity index (χ4n) is 3.25. The lowest BCUT2D eigenvalue weighted by Crippen LogP contribution is -2.32. The summed E-state index contributed by atoms with van der Waals surface area (Å²) >= 11 is 0. The van der Waals surface area contributed by atoms with Crippen LogP contribution >= 0.6 is 0 Å². The maximum Gasteiger partial charge on any atom is 0.0571 e. The molecule has 0 aromatic heterocycles. The predicted octanol–water partition coefficient (Wildman–Crippen LogP) is 3.12. The van der Waals surface area contributed by atoms with Crippen LogP contribution in [0.15, 0.2) is 0 Å². The Morgan fingerprint density at radius 1 is 0.692 bits per heavy atom. The lowest BCUT2D eigenvalue weighted by molar-refractivity contribution is 0.0257. The molecule has 2 aliphatic carbocycles. The van der Waals surface area contributed by atoms with Gasteiger partial charge < -0.3 is 5.11 Å². The van der Waals surface area contributed by atoms with Crippen molar-refractivity contribution in [1.29, 1.82) is 0 Å². The number of aliphatic hydroxyl groups excluding tert-OH is 1. The van der Waals surface area contributed by atoms with Gasteiger partial charge in [-0.2, -0.15) is 0 Å². The molecule has 76 valence electrons. The normalized spacial score (nSPS) is 37.6. The zero-order chi connectivity index (χ0) is 9.10. The first-order valence-electron chi connectivity index (χ1n) is 6.06. The Morgan fingerprint density at radius 3 is 2.00 bits per heavy atom. The molecule has 2 saturated carbocycles. The first-order valence-corrected chi connectivity index (χ1v) is 6.06. The third-order valence-electron chi connectivity index (χ3n) is 4.04. The van der Waals surface area contributed by atoms with E-state index in [4.69, 9.17) is 0 Å². The fraction of sp³-hybridized carbons (Fsp3) is 1.00. The largest absolute Gasteiger partial charge is 0.393 e. The summed E-state index contributed by atoms with van der Waals surface area (Å²) in [5.41, 5.74) is 0. The van der Waals surface area contributed by atoms with E-state index >= 15 is 0 Å². The zero-order valence-electron chi connectivity index (χ0n) is 8.54. The molecule has 0 unspecified atom stereocenters. The van der Waals surface area contributed by atoms with Gasteiger partial charge in [-0.15, -0.1) is 0 Å². The fourth-order valence-corrected chi connectivity index (χ4v) is 3.25. The van der Waals surface area contributed by atoms with E-state index in [0.717, 1.165) is 12.3 Å². The molecule has 2 atom stereocenters. The van der Waals surface area contributed by atoms with Gasteiger partial charge in [0, 0.05) is 0 Å². The van der Waals surface area contributed by atoms with Crippen LogP contribution in [0.4, 0.5) is 0 Å². The van der Waals surface area contributed by atoms with E-state index in [2.05, 4.69) is 0 Å². The summed E-state index contributed by atoms with van der Waals surface area (Å²) < 4.78 is 0. The Hall–Kier alpha value is -0.0400. The average Bonchev–Trinajstić information content (AvgIpc) is 2.20. The summed E-state index contributed by atoms with van der Waals surface area (Å²) in [4.78, 5) is 0. The monoisotopic (exact) mass is 182 g/mol. The van der Waals surface area contributed by atoms with Gasteiger partial charge >= 0.3 is 0 Å². The first kappa shape index (κ1) is 9.51. The van der Waals surface area contributed by atoms with Gasteiger partial charge in [-0.25, -0.2) is 0 Å². The molecule has 0 radical (unpaired) electrons. The van der Waals surface area contributed by atoms with Crippen molar-refractivity contribution >= 4 is 0 Å². The molecule has 2 fully saturated rings. The van der Waals surface area contributed by atoms with E-state index in [9.17, 15) is 5.11 Å². The smallest absolute Gasteiger partial charge is 0.0571 e. The maximum atomic E-state index is 9.92. The molecule has 13 heavy (non-hydrogen) atoms. The van der Waals surface area contributed by atoms with E-state index < -0.39 is 0 Å². The molecule has 0 bridgehead atoms. The van der Waals surface area contributed by atoms with Crippen molar-refractivity contribution in [3.63, 3.8) is 0 Å². The Kier molecular flexibility index (Phi) is 3.26. The van der Waals surface area contributed by atoms with Crippen molar-refractivity contribution in [3.8, 4) is 0 Å². The second kappa shape index (κ2) is 4.45. The quantitative estimate of drug-likeness (QED) is 0.660. The minimum Gasteiger partial charge on any atom is -0.393 e. The Labute approximate surface area is 81.5 Å². The van der Waals surface area contributed by atoms with Crippen LogP contribution in [-0.2, 0) is 0 Å². The summed E-state index contributed by atoms with van der Waals surface area (Å²) in [7, 11) is 0. The molecule has 1 nitrogen and oxygen atoms in total.